The van der Waals surface area contributed by atoms with Crippen LogP contribution in [0.15, 0.2) is 0 Å². The highest BCUT2D eigenvalue weighted by molar-refractivity contribution is 4.81. The third kappa shape index (κ3) is 4.99. The van der Waals surface area contributed by atoms with E-state index in [1.54, 1.807) is 0 Å². The molecule has 0 unspecified atom stereocenters. The Kier molecular flexibility index (Phi) is 7.18. The molecular formula is C16H33N. The largest absolute Gasteiger partial charge is 0.297 e. The van der Waals surface area contributed by atoms with Crippen molar-refractivity contribution in [3.63, 3.8) is 0 Å². The molecule has 0 amide bonds. The summed E-state index contributed by atoms with van der Waals surface area (Å²) in [7, 11) is 0. The third-order valence-corrected chi connectivity index (χ3v) is 4.18. The van der Waals surface area contributed by atoms with Crippen LogP contribution in [0, 0.1) is 5.92 Å². The molecule has 1 aliphatic rings. The maximum atomic E-state index is 2.87. The van der Waals surface area contributed by atoms with Crippen molar-refractivity contribution >= 4 is 0 Å². The van der Waals surface area contributed by atoms with Crippen molar-refractivity contribution in [2.24, 2.45) is 5.92 Å². The molecule has 17 heavy (non-hydrogen) atoms. The first-order chi connectivity index (χ1) is 8.19. The van der Waals surface area contributed by atoms with E-state index in [-0.39, 0.29) is 0 Å². The van der Waals surface area contributed by atoms with Crippen LogP contribution in [0.1, 0.15) is 79.1 Å². The summed E-state index contributed by atoms with van der Waals surface area (Å²) in [5.74, 6) is 0.808. The summed E-state index contributed by atoms with van der Waals surface area (Å²) in [4.78, 5) is 2.87. The molecule has 0 saturated heterocycles. The van der Waals surface area contributed by atoms with Crippen LogP contribution in [0.2, 0.25) is 0 Å². The maximum absolute atomic E-state index is 2.87. The number of hydrogen-bond donors (Lipinski definition) is 0. The Labute approximate surface area is 109 Å². The minimum atomic E-state index is 0.808. The zero-order valence-corrected chi connectivity index (χ0v) is 12.5. The Morgan fingerprint density at radius 3 is 2.18 bits per heavy atom. The maximum Gasteiger partial charge on any atom is 0.00983 e. The minimum Gasteiger partial charge on any atom is -0.297 e. The lowest BCUT2D eigenvalue weighted by atomic mass is 9.91. The van der Waals surface area contributed by atoms with Gasteiger partial charge in [0.05, 0.1) is 0 Å². The normalized spacial score (nSPS) is 20.1. The van der Waals surface area contributed by atoms with Crippen LogP contribution < -0.4 is 0 Å². The molecule has 0 radical (unpaired) electrons. The van der Waals surface area contributed by atoms with Crippen molar-refractivity contribution in [1.29, 1.82) is 0 Å². The van der Waals surface area contributed by atoms with Gasteiger partial charge in [-0.1, -0.05) is 53.4 Å². The lowest BCUT2D eigenvalue weighted by molar-refractivity contribution is 0.0818. The molecule has 0 aromatic heterocycles. The van der Waals surface area contributed by atoms with E-state index in [1.807, 2.05) is 0 Å². The second-order valence-electron chi connectivity index (χ2n) is 6.23. The van der Waals surface area contributed by atoms with E-state index in [9.17, 15) is 0 Å². The average molecular weight is 239 g/mol. The molecule has 1 heteroatoms. The molecule has 1 rings (SSSR count). The second-order valence-corrected chi connectivity index (χ2v) is 6.23. The molecule has 0 N–H and O–H groups in total. The number of nitrogens with zero attached hydrogens (tertiary/aromatic N) is 1. The highest BCUT2D eigenvalue weighted by Gasteiger charge is 2.26. The molecule has 102 valence electrons. The van der Waals surface area contributed by atoms with Gasteiger partial charge in [-0.3, -0.25) is 4.90 Å². The fourth-order valence-corrected chi connectivity index (χ4v) is 3.37. The summed E-state index contributed by atoms with van der Waals surface area (Å²) in [6.07, 6.45) is 11.3. The number of hydrogen-bond acceptors (Lipinski definition) is 1. The minimum absolute atomic E-state index is 0.808. The molecule has 0 aromatic carbocycles. The molecular weight excluding hydrogens is 206 g/mol. The van der Waals surface area contributed by atoms with E-state index in [2.05, 4.69) is 32.6 Å². The lowest BCUT2D eigenvalue weighted by Gasteiger charge is -2.41. The first-order valence-electron chi connectivity index (χ1n) is 7.94. The van der Waals surface area contributed by atoms with Crippen LogP contribution in [-0.4, -0.2) is 23.5 Å². The van der Waals surface area contributed by atoms with Crippen molar-refractivity contribution in [2.45, 2.75) is 91.1 Å². The Morgan fingerprint density at radius 2 is 1.71 bits per heavy atom. The Bertz CT molecular complexity index is 177. The Hall–Kier alpha value is -0.0400. The molecule has 1 atom stereocenters. The molecule has 1 saturated carbocycles. The highest BCUT2D eigenvalue weighted by Crippen LogP contribution is 2.27. The molecule has 0 heterocycles. The number of rotatable bonds is 7. The standard InChI is InChI=1S/C16H33N/c1-5-10-15(6-2)17(13-14(3)4)16-11-8-7-9-12-16/h14-16H,5-13H2,1-4H3/t15-/m0/s1. The Balaban J connectivity index is 2.62. The monoisotopic (exact) mass is 239 g/mol. The first-order valence-corrected chi connectivity index (χ1v) is 7.94. The fourth-order valence-electron chi connectivity index (χ4n) is 3.37. The van der Waals surface area contributed by atoms with Crippen LogP contribution in [0.25, 0.3) is 0 Å². The van der Waals surface area contributed by atoms with Gasteiger partial charge in [0, 0.05) is 18.6 Å². The van der Waals surface area contributed by atoms with E-state index in [0.717, 1.165) is 18.0 Å². The van der Waals surface area contributed by atoms with Crippen LogP contribution >= 0.6 is 0 Å². The van der Waals surface area contributed by atoms with Gasteiger partial charge in [0.2, 0.25) is 0 Å². The quantitative estimate of drug-likeness (QED) is 0.613. The van der Waals surface area contributed by atoms with Gasteiger partial charge in [0.1, 0.15) is 0 Å². The zero-order valence-electron chi connectivity index (χ0n) is 12.5. The summed E-state index contributed by atoms with van der Waals surface area (Å²) < 4.78 is 0. The van der Waals surface area contributed by atoms with E-state index in [1.165, 1.54) is 57.9 Å². The third-order valence-electron chi connectivity index (χ3n) is 4.18. The van der Waals surface area contributed by atoms with Crippen molar-refractivity contribution in [2.75, 3.05) is 6.54 Å². The summed E-state index contributed by atoms with van der Waals surface area (Å²) in [6.45, 7) is 10.7. The molecule has 0 aliphatic heterocycles. The first kappa shape index (κ1) is 15.0. The van der Waals surface area contributed by atoms with E-state index in [4.69, 9.17) is 0 Å². The fraction of sp³-hybridized carbons (Fsp3) is 1.00. The molecule has 0 bridgehead atoms. The summed E-state index contributed by atoms with van der Waals surface area (Å²) >= 11 is 0. The van der Waals surface area contributed by atoms with E-state index >= 15 is 0 Å². The SMILES string of the molecule is CCC[C@H](CC)N(CC(C)C)C1CCCCC1. The van der Waals surface area contributed by atoms with Gasteiger partial charge in [-0.05, 0) is 31.6 Å². The molecule has 1 fully saturated rings. The highest BCUT2D eigenvalue weighted by atomic mass is 15.2. The molecule has 1 nitrogen and oxygen atoms in total. The van der Waals surface area contributed by atoms with Crippen molar-refractivity contribution in [3.8, 4) is 0 Å². The van der Waals surface area contributed by atoms with Gasteiger partial charge in [0.25, 0.3) is 0 Å². The van der Waals surface area contributed by atoms with E-state index < -0.39 is 0 Å². The van der Waals surface area contributed by atoms with Crippen molar-refractivity contribution in [3.05, 3.63) is 0 Å². The van der Waals surface area contributed by atoms with Gasteiger partial charge in [-0.25, -0.2) is 0 Å². The lowest BCUT2D eigenvalue weighted by Crippen LogP contribution is -2.45. The predicted molar refractivity (Wildman–Crippen MR) is 77.4 cm³/mol. The van der Waals surface area contributed by atoms with Gasteiger partial charge in [-0.15, -0.1) is 0 Å². The topological polar surface area (TPSA) is 3.24 Å². The van der Waals surface area contributed by atoms with Gasteiger partial charge in [0.15, 0.2) is 0 Å². The van der Waals surface area contributed by atoms with Crippen LogP contribution in [-0.2, 0) is 0 Å². The second kappa shape index (κ2) is 8.13. The zero-order chi connectivity index (χ0) is 12.7. The van der Waals surface area contributed by atoms with Gasteiger partial charge < -0.3 is 0 Å². The summed E-state index contributed by atoms with van der Waals surface area (Å²) in [5, 5.41) is 0. The molecule has 0 spiro atoms. The van der Waals surface area contributed by atoms with E-state index in [0.29, 0.717) is 0 Å². The predicted octanol–water partition coefficient (Wildman–Crippen LogP) is 4.86. The molecule has 1 aliphatic carbocycles. The molecule has 0 aromatic rings. The summed E-state index contributed by atoms with van der Waals surface area (Å²) in [6, 6.07) is 1.73. The smallest absolute Gasteiger partial charge is 0.00983 e. The average Bonchev–Trinajstić information content (AvgIpc) is 2.34. The Morgan fingerprint density at radius 1 is 1.06 bits per heavy atom. The summed E-state index contributed by atoms with van der Waals surface area (Å²) in [5.41, 5.74) is 0. The van der Waals surface area contributed by atoms with Gasteiger partial charge in [-0.2, -0.15) is 0 Å². The van der Waals surface area contributed by atoms with Crippen LogP contribution in [0.3, 0.4) is 0 Å². The van der Waals surface area contributed by atoms with Gasteiger partial charge >= 0.3 is 0 Å². The van der Waals surface area contributed by atoms with Crippen LogP contribution in [0.4, 0.5) is 0 Å². The van der Waals surface area contributed by atoms with Crippen molar-refractivity contribution < 1.29 is 0 Å². The van der Waals surface area contributed by atoms with Crippen molar-refractivity contribution in [1.82, 2.24) is 4.90 Å². The van der Waals surface area contributed by atoms with Crippen LogP contribution in [0.5, 0.6) is 0 Å².